The number of para-hydroxylation sites is 2. The van der Waals surface area contributed by atoms with Crippen LogP contribution in [0.1, 0.15) is 10.4 Å². The Bertz CT molecular complexity index is 554. The van der Waals surface area contributed by atoms with Gasteiger partial charge < -0.3 is 10.7 Å². The number of benzene rings is 2. The highest BCUT2D eigenvalue weighted by Crippen LogP contribution is 2.15. The minimum atomic E-state index is -0.0173. The molecule has 0 saturated heterocycles. The molecule has 0 radical (unpaired) electrons. The molecule has 0 atom stereocenters. The van der Waals surface area contributed by atoms with E-state index in [1.54, 1.807) is 24.2 Å². The van der Waals surface area contributed by atoms with E-state index in [1.807, 2.05) is 42.5 Å². The fourth-order valence-corrected chi connectivity index (χ4v) is 1.89. The number of rotatable bonds is 5. The average Bonchev–Trinajstić information content (AvgIpc) is 2.46. The molecule has 0 heterocycles. The van der Waals surface area contributed by atoms with Crippen molar-refractivity contribution in [3.63, 3.8) is 0 Å². The first-order valence-electron chi connectivity index (χ1n) is 6.10. The van der Waals surface area contributed by atoms with Gasteiger partial charge in [-0.2, -0.15) is 0 Å². The number of nitrogens with two attached hydrogens (primary N) is 1. The van der Waals surface area contributed by atoms with Crippen molar-refractivity contribution < 1.29 is 4.79 Å². The summed E-state index contributed by atoms with van der Waals surface area (Å²) in [7, 11) is 1.79. The zero-order chi connectivity index (χ0) is 13.7. The molecule has 98 valence electrons. The molecule has 0 amide bonds. The molecule has 2 aromatic rings. The van der Waals surface area contributed by atoms with Crippen molar-refractivity contribution in [2.24, 2.45) is 0 Å². The standard InChI is InChI=1S/C15H17N3O/c1-17-18(12-7-3-2-4-8-12)11-15(19)13-9-5-6-10-14(13)16/h2-10,17H,11,16H2,1H3. The van der Waals surface area contributed by atoms with Crippen molar-refractivity contribution in [1.29, 1.82) is 0 Å². The Kier molecular flexibility index (Phi) is 4.15. The smallest absolute Gasteiger partial charge is 0.185 e. The maximum absolute atomic E-state index is 12.2. The normalized spacial score (nSPS) is 10.2. The Labute approximate surface area is 112 Å². The minimum absolute atomic E-state index is 0.0173. The number of hydrogen-bond acceptors (Lipinski definition) is 4. The van der Waals surface area contributed by atoms with Crippen LogP contribution in [0.5, 0.6) is 0 Å². The first-order chi connectivity index (χ1) is 9.22. The number of Topliss-reactive ketones (excluding diaryl/α,β-unsaturated/α-hetero) is 1. The van der Waals surface area contributed by atoms with Crippen LogP contribution in [0.15, 0.2) is 54.6 Å². The molecule has 0 unspecified atom stereocenters. The van der Waals surface area contributed by atoms with E-state index >= 15 is 0 Å². The lowest BCUT2D eigenvalue weighted by Gasteiger charge is -2.22. The Morgan fingerprint density at radius 3 is 2.37 bits per heavy atom. The van der Waals surface area contributed by atoms with Crippen LogP contribution in [0.3, 0.4) is 0 Å². The van der Waals surface area contributed by atoms with Gasteiger partial charge in [-0.3, -0.25) is 4.79 Å². The van der Waals surface area contributed by atoms with Crippen LogP contribution >= 0.6 is 0 Å². The highest BCUT2D eigenvalue weighted by atomic mass is 16.1. The van der Waals surface area contributed by atoms with Crippen LogP contribution in [0, 0.1) is 0 Å². The van der Waals surface area contributed by atoms with Gasteiger partial charge >= 0.3 is 0 Å². The summed E-state index contributed by atoms with van der Waals surface area (Å²) in [5.41, 5.74) is 10.8. The number of ketones is 1. The molecule has 0 spiro atoms. The number of nitrogen functional groups attached to an aromatic ring is 1. The van der Waals surface area contributed by atoms with Crippen LogP contribution < -0.4 is 16.2 Å². The monoisotopic (exact) mass is 255 g/mol. The highest BCUT2D eigenvalue weighted by Gasteiger charge is 2.13. The van der Waals surface area contributed by atoms with E-state index in [-0.39, 0.29) is 12.3 Å². The summed E-state index contributed by atoms with van der Waals surface area (Å²) < 4.78 is 0. The average molecular weight is 255 g/mol. The molecule has 4 nitrogen and oxygen atoms in total. The lowest BCUT2D eigenvalue weighted by molar-refractivity contribution is 0.0997. The molecule has 0 aliphatic rings. The largest absolute Gasteiger partial charge is 0.398 e. The molecule has 2 aromatic carbocycles. The predicted octanol–water partition coefficient (Wildman–Crippen LogP) is 2.09. The van der Waals surface area contributed by atoms with Crippen LogP contribution in [-0.2, 0) is 0 Å². The van der Waals surface area contributed by atoms with Crippen LogP contribution in [-0.4, -0.2) is 19.4 Å². The minimum Gasteiger partial charge on any atom is -0.398 e. The Morgan fingerprint density at radius 2 is 1.74 bits per heavy atom. The molecule has 0 bridgehead atoms. The highest BCUT2D eigenvalue weighted by molar-refractivity contribution is 6.03. The summed E-state index contributed by atoms with van der Waals surface area (Å²) in [6.07, 6.45) is 0. The maximum atomic E-state index is 12.2. The van der Waals surface area contributed by atoms with Crippen LogP contribution in [0.4, 0.5) is 11.4 Å². The lowest BCUT2D eigenvalue weighted by atomic mass is 10.1. The Morgan fingerprint density at radius 1 is 1.11 bits per heavy atom. The second-order valence-corrected chi connectivity index (χ2v) is 4.16. The molecule has 2 rings (SSSR count). The van der Waals surface area contributed by atoms with Gasteiger partial charge in [0.2, 0.25) is 0 Å². The van der Waals surface area contributed by atoms with Crippen LogP contribution in [0.25, 0.3) is 0 Å². The third-order valence-electron chi connectivity index (χ3n) is 2.90. The number of hydrazine groups is 1. The lowest BCUT2D eigenvalue weighted by Crippen LogP contribution is -2.39. The van der Waals surface area contributed by atoms with Gasteiger partial charge in [0.15, 0.2) is 5.78 Å². The van der Waals surface area contributed by atoms with Crippen molar-refractivity contribution in [3.05, 3.63) is 60.2 Å². The van der Waals surface area contributed by atoms with Gasteiger partial charge in [0, 0.05) is 18.3 Å². The van der Waals surface area contributed by atoms with Crippen molar-refractivity contribution >= 4 is 17.2 Å². The van der Waals surface area contributed by atoms with E-state index in [0.29, 0.717) is 11.3 Å². The zero-order valence-electron chi connectivity index (χ0n) is 10.8. The van der Waals surface area contributed by atoms with Gasteiger partial charge in [-0.05, 0) is 24.3 Å². The van der Waals surface area contributed by atoms with E-state index in [4.69, 9.17) is 5.73 Å². The molecule has 0 aliphatic heterocycles. The number of anilines is 2. The molecule has 4 heteroatoms. The van der Waals surface area contributed by atoms with Gasteiger partial charge in [-0.25, -0.2) is 5.43 Å². The summed E-state index contributed by atoms with van der Waals surface area (Å²) in [5.74, 6) is -0.0173. The second kappa shape index (κ2) is 6.02. The zero-order valence-corrected chi connectivity index (χ0v) is 10.8. The van der Waals surface area contributed by atoms with Crippen molar-refractivity contribution in [1.82, 2.24) is 5.43 Å². The third kappa shape index (κ3) is 3.11. The molecule has 0 saturated carbocycles. The summed E-state index contributed by atoms with van der Waals surface area (Å²) in [6.45, 7) is 0.231. The Hall–Kier alpha value is -2.33. The molecule has 0 aliphatic carbocycles. The molecule has 0 fully saturated rings. The predicted molar refractivity (Wildman–Crippen MR) is 78.0 cm³/mol. The second-order valence-electron chi connectivity index (χ2n) is 4.16. The number of carbonyl (C=O) groups is 1. The summed E-state index contributed by atoms with van der Waals surface area (Å²) in [6, 6.07) is 16.8. The molecule has 0 aromatic heterocycles. The SMILES string of the molecule is CNN(CC(=O)c1ccccc1N)c1ccccc1. The molecule has 19 heavy (non-hydrogen) atoms. The van der Waals surface area contributed by atoms with E-state index in [0.717, 1.165) is 5.69 Å². The molecular weight excluding hydrogens is 238 g/mol. The maximum Gasteiger partial charge on any atom is 0.185 e. The number of hydrogen-bond donors (Lipinski definition) is 2. The van der Waals surface area contributed by atoms with Gasteiger partial charge in [0.25, 0.3) is 0 Å². The first kappa shape index (κ1) is 13.1. The number of nitrogens with zero attached hydrogens (tertiary/aromatic N) is 1. The number of nitrogens with one attached hydrogen (secondary N) is 1. The number of carbonyl (C=O) groups excluding carboxylic acids is 1. The van der Waals surface area contributed by atoms with Crippen molar-refractivity contribution in [3.8, 4) is 0 Å². The summed E-state index contributed by atoms with van der Waals surface area (Å²) in [5, 5.41) is 1.79. The molecule has 3 N–H and O–H groups in total. The van der Waals surface area contributed by atoms with E-state index in [9.17, 15) is 4.79 Å². The quantitative estimate of drug-likeness (QED) is 0.488. The van der Waals surface area contributed by atoms with Crippen molar-refractivity contribution in [2.45, 2.75) is 0 Å². The van der Waals surface area contributed by atoms with E-state index < -0.39 is 0 Å². The first-order valence-corrected chi connectivity index (χ1v) is 6.10. The summed E-state index contributed by atoms with van der Waals surface area (Å²) >= 11 is 0. The fourth-order valence-electron chi connectivity index (χ4n) is 1.89. The van der Waals surface area contributed by atoms with Gasteiger partial charge in [-0.1, -0.05) is 30.3 Å². The van der Waals surface area contributed by atoms with E-state index in [2.05, 4.69) is 5.43 Å². The van der Waals surface area contributed by atoms with Crippen LogP contribution in [0.2, 0.25) is 0 Å². The van der Waals surface area contributed by atoms with Crippen molar-refractivity contribution in [2.75, 3.05) is 24.3 Å². The molecular formula is C15H17N3O. The Balaban J connectivity index is 2.16. The van der Waals surface area contributed by atoms with Gasteiger partial charge in [0.05, 0.1) is 12.2 Å². The van der Waals surface area contributed by atoms with Gasteiger partial charge in [-0.15, -0.1) is 0 Å². The fraction of sp³-hybridized carbons (Fsp3) is 0.133. The summed E-state index contributed by atoms with van der Waals surface area (Å²) in [4.78, 5) is 12.2. The third-order valence-corrected chi connectivity index (χ3v) is 2.90. The van der Waals surface area contributed by atoms with E-state index in [1.165, 1.54) is 0 Å². The topological polar surface area (TPSA) is 58.4 Å². The van der Waals surface area contributed by atoms with Gasteiger partial charge in [0.1, 0.15) is 0 Å².